The fourth-order valence-electron chi connectivity index (χ4n) is 1.29. The van der Waals surface area contributed by atoms with Crippen molar-refractivity contribution in [2.45, 2.75) is 26.7 Å². The first-order valence-corrected chi connectivity index (χ1v) is 5.07. The van der Waals surface area contributed by atoms with Crippen LogP contribution in [0, 0.1) is 13.8 Å². The number of carbonyl (C=O) groups excluding carboxylic acids is 1. The van der Waals surface area contributed by atoms with E-state index in [0.717, 1.165) is 12.8 Å². The molecule has 1 heterocycles. The maximum Gasteiger partial charge on any atom is 0.289 e. The quantitative estimate of drug-likeness (QED) is 0.704. The van der Waals surface area contributed by atoms with Gasteiger partial charge in [0.1, 0.15) is 0 Å². The Hall–Kier alpha value is -1.36. The van der Waals surface area contributed by atoms with Gasteiger partial charge in [0.15, 0.2) is 5.89 Å². The first kappa shape index (κ1) is 11.7. The van der Waals surface area contributed by atoms with Gasteiger partial charge in [0.25, 0.3) is 5.91 Å². The van der Waals surface area contributed by atoms with Crippen molar-refractivity contribution in [1.82, 2.24) is 10.3 Å². The normalized spacial score (nSPS) is 10.3. The molecule has 1 aromatic heterocycles. The minimum absolute atomic E-state index is 0.204. The molecule has 15 heavy (non-hydrogen) atoms. The topological polar surface area (TPSA) is 81.2 Å². The number of nitrogens with zero attached hydrogens (tertiary/aromatic N) is 1. The predicted octanol–water partition coefficient (Wildman–Crippen LogP) is 0.760. The number of amides is 1. The van der Waals surface area contributed by atoms with Crippen LogP contribution < -0.4 is 11.1 Å². The lowest BCUT2D eigenvalue weighted by molar-refractivity contribution is 0.0923. The monoisotopic (exact) mass is 211 g/mol. The highest BCUT2D eigenvalue weighted by atomic mass is 16.4. The van der Waals surface area contributed by atoms with Gasteiger partial charge in [-0.1, -0.05) is 0 Å². The van der Waals surface area contributed by atoms with E-state index in [1.807, 2.05) is 0 Å². The minimum atomic E-state index is -0.204. The van der Waals surface area contributed by atoms with Crippen LogP contribution in [0.3, 0.4) is 0 Å². The summed E-state index contributed by atoms with van der Waals surface area (Å²) >= 11 is 0. The molecule has 0 saturated heterocycles. The Kier molecular flexibility index (Phi) is 4.30. The number of nitrogens with one attached hydrogen (secondary N) is 1. The highest BCUT2D eigenvalue weighted by molar-refractivity contribution is 5.92. The Bertz CT molecular complexity index is 333. The van der Waals surface area contributed by atoms with Crippen molar-refractivity contribution in [1.29, 1.82) is 0 Å². The van der Waals surface area contributed by atoms with Crippen molar-refractivity contribution < 1.29 is 9.21 Å². The third-order valence-electron chi connectivity index (χ3n) is 2.03. The maximum atomic E-state index is 11.6. The van der Waals surface area contributed by atoms with Gasteiger partial charge < -0.3 is 15.5 Å². The van der Waals surface area contributed by atoms with Gasteiger partial charge in [-0.15, -0.1) is 0 Å². The molecule has 1 rings (SSSR count). The summed E-state index contributed by atoms with van der Waals surface area (Å²) in [6.45, 7) is 4.75. The van der Waals surface area contributed by atoms with E-state index in [4.69, 9.17) is 10.2 Å². The van der Waals surface area contributed by atoms with Crippen LogP contribution in [-0.4, -0.2) is 24.0 Å². The van der Waals surface area contributed by atoms with Crippen LogP contribution in [0.1, 0.15) is 35.0 Å². The zero-order chi connectivity index (χ0) is 11.3. The third kappa shape index (κ3) is 3.36. The molecule has 84 valence electrons. The standard InChI is InChI=1S/C10H17N3O2/c1-7-9(15-8(2)13-7)10(14)12-6-4-3-5-11/h3-6,11H2,1-2H3,(H,12,14). The first-order chi connectivity index (χ1) is 7.15. The van der Waals surface area contributed by atoms with Crippen LogP contribution in [0.4, 0.5) is 0 Å². The van der Waals surface area contributed by atoms with E-state index in [9.17, 15) is 4.79 Å². The van der Waals surface area contributed by atoms with E-state index in [-0.39, 0.29) is 5.91 Å². The fraction of sp³-hybridized carbons (Fsp3) is 0.600. The molecule has 0 saturated carbocycles. The van der Waals surface area contributed by atoms with Crippen LogP contribution in [0.2, 0.25) is 0 Å². The van der Waals surface area contributed by atoms with Crippen LogP contribution in [0.5, 0.6) is 0 Å². The molecule has 0 aliphatic rings. The van der Waals surface area contributed by atoms with Crippen molar-refractivity contribution in [3.63, 3.8) is 0 Å². The molecular weight excluding hydrogens is 194 g/mol. The van der Waals surface area contributed by atoms with E-state index < -0.39 is 0 Å². The summed E-state index contributed by atoms with van der Waals surface area (Å²) in [5.74, 6) is 0.616. The van der Waals surface area contributed by atoms with Gasteiger partial charge in [-0.05, 0) is 26.3 Å². The summed E-state index contributed by atoms with van der Waals surface area (Å²) in [4.78, 5) is 15.6. The summed E-state index contributed by atoms with van der Waals surface area (Å²) in [7, 11) is 0. The highest BCUT2D eigenvalue weighted by Gasteiger charge is 2.14. The highest BCUT2D eigenvalue weighted by Crippen LogP contribution is 2.08. The lowest BCUT2D eigenvalue weighted by Gasteiger charge is -2.01. The molecule has 0 radical (unpaired) electrons. The number of aryl methyl sites for hydroxylation is 2. The molecular formula is C10H17N3O2. The van der Waals surface area contributed by atoms with Gasteiger partial charge in [0.05, 0.1) is 5.69 Å². The molecule has 0 fully saturated rings. The Balaban J connectivity index is 2.43. The molecule has 0 unspecified atom stereocenters. The van der Waals surface area contributed by atoms with Crippen LogP contribution >= 0.6 is 0 Å². The van der Waals surface area contributed by atoms with Gasteiger partial charge in [-0.3, -0.25) is 4.79 Å². The number of rotatable bonds is 5. The molecule has 1 amide bonds. The molecule has 5 nitrogen and oxygen atoms in total. The van der Waals surface area contributed by atoms with Crippen molar-refractivity contribution in [2.75, 3.05) is 13.1 Å². The van der Waals surface area contributed by atoms with Gasteiger partial charge in [0, 0.05) is 13.5 Å². The number of hydrogen-bond donors (Lipinski definition) is 2. The minimum Gasteiger partial charge on any atom is -0.436 e. The lowest BCUT2D eigenvalue weighted by atomic mass is 10.3. The number of unbranched alkanes of at least 4 members (excludes halogenated alkanes) is 1. The second kappa shape index (κ2) is 5.50. The zero-order valence-corrected chi connectivity index (χ0v) is 9.17. The molecule has 0 aliphatic heterocycles. The van der Waals surface area contributed by atoms with E-state index in [1.54, 1.807) is 13.8 Å². The van der Waals surface area contributed by atoms with E-state index in [1.165, 1.54) is 0 Å². The van der Waals surface area contributed by atoms with Gasteiger partial charge in [0.2, 0.25) is 5.76 Å². The third-order valence-corrected chi connectivity index (χ3v) is 2.03. The molecule has 0 atom stereocenters. The summed E-state index contributed by atoms with van der Waals surface area (Å²) in [6.07, 6.45) is 1.79. The molecule has 0 bridgehead atoms. The Morgan fingerprint density at radius 3 is 2.73 bits per heavy atom. The first-order valence-electron chi connectivity index (χ1n) is 5.07. The Morgan fingerprint density at radius 1 is 1.47 bits per heavy atom. The van der Waals surface area contributed by atoms with Crippen molar-refractivity contribution in [3.05, 3.63) is 17.3 Å². The van der Waals surface area contributed by atoms with Crippen molar-refractivity contribution in [3.8, 4) is 0 Å². The van der Waals surface area contributed by atoms with E-state index in [0.29, 0.717) is 30.4 Å². The number of carbonyl (C=O) groups is 1. The van der Waals surface area contributed by atoms with Crippen LogP contribution in [-0.2, 0) is 0 Å². The van der Waals surface area contributed by atoms with Gasteiger partial charge >= 0.3 is 0 Å². The molecule has 5 heteroatoms. The van der Waals surface area contributed by atoms with Crippen LogP contribution in [0.25, 0.3) is 0 Å². The number of aromatic nitrogens is 1. The second-order valence-corrected chi connectivity index (χ2v) is 3.40. The average Bonchev–Trinajstić information content (AvgIpc) is 2.52. The summed E-state index contributed by atoms with van der Waals surface area (Å²) in [5, 5.41) is 2.76. The molecule has 1 aromatic rings. The fourth-order valence-corrected chi connectivity index (χ4v) is 1.29. The second-order valence-electron chi connectivity index (χ2n) is 3.40. The lowest BCUT2D eigenvalue weighted by Crippen LogP contribution is -2.25. The number of oxazole rings is 1. The predicted molar refractivity (Wildman–Crippen MR) is 56.6 cm³/mol. The van der Waals surface area contributed by atoms with E-state index >= 15 is 0 Å². The summed E-state index contributed by atoms with van der Waals surface area (Å²) in [5.41, 5.74) is 5.97. The van der Waals surface area contributed by atoms with Crippen molar-refractivity contribution in [2.24, 2.45) is 5.73 Å². The SMILES string of the molecule is Cc1nc(C)c(C(=O)NCCCCN)o1. The summed E-state index contributed by atoms with van der Waals surface area (Å²) < 4.78 is 5.19. The van der Waals surface area contributed by atoms with Crippen LogP contribution in [0.15, 0.2) is 4.42 Å². The average molecular weight is 211 g/mol. The number of hydrogen-bond acceptors (Lipinski definition) is 4. The van der Waals surface area contributed by atoms with Gasteiger partial charge in [-0.25, -0.2) is 4.98 Å². The zero-order valence-electron chi connectivity index (χ0n) is 9.17. The molecule has 0 spiro atoms. The summed E-state index contributed by atoms with van der Waals surface area (Å²) in [6, 6.07) is 0. The largest absolute Gasteiger partial charge is 0.436 e. The maximum absolute atomic E-state index is 11.6. The Labute approximate surface area is 89.1 Å². The molecule has 0 aliphatic carbocycles. The van der Waals surface area contributed by atoms with E-state index in [2.05, 4.69) is 10.3 Å². The molecule has 0 aromatic carbocycles. The van der Waals surface area contributed by atoms with Crippen molar-refractivity contribution >= 4 is 5.91 Å². The smallest absolute Gasteiger partial charge is 0.289 e. The number of nitrogens with two attached hydrogens (primary N) is 1. The molecule has 3 N–H and O–H groups in total. The van der Waals surface area contributed by atoms with Gasteiger partial charge in [-0.2, -0.15) is 0 Å². The Morgan fingerprint density at radius 2 is 2.20 bits per heavy atom.